The van der Waals surface area contributed by atoms with Gasteiger partial charge in [-0.15, -0.1) is 0 Å². The maximum atomic E-state index is 13.0. The van der Waals surface area contributed by atoms with Gasteiger partial charge in [-0.2, -0.15) is 0 Å². The van der Waals surface area contributed by atoms with Crippen molar-refractivity contribution in [3.8, 4) is 0 Å². The molecule has 1 aromatic heterocycles. The quantitative estimate of drug-likeness (QED) is 0.429. The van der Waals surface area contributed by atoms with Crippen molar-refractivity contribution in [2.45, 2.75) is 51.2 Å². The number of hydrogen-bond donors (Lipinski definition) is 1. The van der Waals surface area contributed by atoms with E-state index in [1.54, 1.807) is 10.6 Å². The number of rotatable bonds is 7. The molecular formula is C23H27N3O2S. The second-order valence-electron chi connectivity index (χ2n) is 7.42. The van der Waals surface area contributed by atoms with Crippen LogP contribution < -0.4 is 10.9 Å². The van der Waals surface area contributed by atoms with Crippen molar-refractivity contribution in [3.63, 3.8) is 0 Å². The molecule has 0 radical (unpaired) electrons. The number of carbonyl (C=O) groups excluding carboxylic acids is 1. The highest BCUT2D eigenvalue weighted by Gasteiger charge is 2.17. The fraction of sp³-hybridized carbons (Fsp3) is 0.348. The Labute approximate surface area is 175 Å². The van der Waals surface area contributed by atoms with Crippen LogP contribution >= 0.6 is 11.8 Å². The highest BCUT2D eigenvalue weighted by atomic mass is 32.2. The van der Waals surface area contributed by atoms with Gasteiger partial charge >= 0.3 is 0 Å². The SMILES string of the molecule is CC[C@@H](C)n1c(SCC(=O)Nc2ccccc2C(C)C)nc2ccccc2c1=O. The molecule has 1 heterocycles. The molecule has 0 unspecified atom stereocenters. The summed E-state index contributed by atoms with van der Waals surface area (Å²) in [6.07, 6.45) is 0.807. The Kier molecular flexibility index (Phi) is 6.75. The maximum Gasteiger partial charge on any atom is 0.262 e. The molecule has 1 atom stereocenters. The molecule has 1 N–H and O–H groups in total. The first kappa shape index (κ1) is 21.1. The molecule has 152 valence electrons. The highest BCUT2D eigenvalue weighted by molar-refractivity contribution is 7.99. The minimum absolute atomic E-state index is 0.00633. The molecule has 0 saturated carbocycles. The van der Waals surface area contributed by atoms with Gasteiger partial charge in [0.15, 0.2) is 5.16 Å². The summed E-state index contributed by atoms with van der Waals surface area (Å²) in [7, 11) is 0. The Morgan fingerprint density at radius 1 is 1.10 bits per heavy atom. The molecule has 29 heavy (non-hydrogen) atoms. The zero-order valence-electron chi connectivity index (χ0n) is 17.3. The van der Waals surface area contributed by atoms with Crippen LogP contribution in [0, 0.1) is 0 Å². The van der Waals surface area contributed by atoms with Gasteiger partial charge < -0.3 is 5.32 Å². The second kappa shape index (κ2) is 9.27. The minimum Gasteiger partial charge on any atom is -0.325 e. The van der Waals surface area contributed by atoms with Crippen molar-refractivity contribution in [3.05, 3.63) is 64.4 Å². The third-order valence-corrected chi connectivity index (χ3v) is 5.95. The monoisotopic (exact) mass is 409 g/mol. The molecule has 6 heteroatoms. The first-order valence-corrected chi connectivity index (χ1v) is 10.9. The van der Waals surface area contributed by atoms with Gasteiger partial charge in [0.1, 0.15) is 0 Å². The van der Waals surface area contributed by atoms with Crippen LogP contribution in [0.1, 0.15) is 51.6 Å². The van der Waals surface area contributed by atoms with Crippen molar-refractivity contribution < 1.29 is 4.79 Å². The first-order chi connectivity index (χ1) is 13.9. The van der Waals surface area contributed by atoms with E-state index in [0.29, 0.717) is 22.0 Å². The van der Waals surface area contributed by atoms with Crippen LogP contribution in [0.2, 0.25) is 0 Å². The molecular weight excluding hydrogens is 382 g/mol. The molecule has 1 amide bonds. The first-order valence-electron chi connectivity index (χ1n) is 9.95. The molecule has 0 spiro atoms. The van der Waals surface area contributed by atoms with E-state index in [2.05, 4.69) is 24.1 Å². The summed E-state index contributed by atoms with van der Waals surface area (Å²) in [5.74, 6) is 0.395. The zero-order valence-corrected chi connectivity index (χ0v) is 18.1. The van der Waals surface area contributed by atoms with Crippen LogP contribution in [-0.4, -0.2) is 21.2 Å². The van der Waals surface area contributed by atoms with E-state index >= 15 is 0 Å². The molecule has 3 aromatic rings. The van der Waals surface area contributed by atoms with E-state index in [1.807, 2.05) is 56.3 Å². The lowest BCUT2D eigenvalue weighted by Crippen LogP contribution is -2.26. The van der Waals surface area contributed by atoms with Gasteiger partial charge in [-0.05, 0) is 43.0 Å². The Hall–Kier alpha value is -2.60. The normalized spacial score (nSPS) is 12.3. The number of para-hydroxylation sites is 2. The molecule has 0 aliphatic carbocycles. The van der Waals surface area contributed by atoms with Crippen LogP contribution in [0.5, 0.6) is 0 Å². The number of benzene rings is 2. The number of nitrogens with zero attached hydrogens (tertiary/aromatic N) is 2. The number of nitrogens with one attached hydrogen (secondary N) is 1. The van der Waals surface area contributed by atoms with Crippen molar-refractivity contribution in [2.75, 3.05) is 11.1 Å². The van der Waals surface area contributed by atoms with Crippen molar-refractivity contribution >= 4 is 34.3 Å². The van der Waals surface area contributed by atoms with Crippen molar-refractivity contribution in [2.24, 2.45) is 0 Å². The van der Waals surface area contributed by atoms with Crippen LogP contribution in [-0.2, 0) is 4.79 Å². The summed E-state index contributed by atoms with van der Waals surface area (Å²) in [6, 6.07) is 15.2. The number of hydrogen-bond acceptors (Lipinski definition) is 4. The van der Waals surface area contributed by atoms with E-state index < -0.39 is 0 Å². The lowest BCUT2D eigenvalue weighted by Gasteiger charge is -2.18. The summed E-state index contributed by atoms with van der Waals surface area (Å²) < 4.78 is 1.71. The van der Waals surface area contributed by atoms with Crippen molar-refractivity contribution in [1.29, 1.82) is 0 Å². The van der Waals surface area contributed by atoms with E-state index in [4.69, 9.17) is 0 Å². The summed E-state index contributed by atoms with van der Waals surface area (Å²) in [4.78, 5) is 30.3. The number of carbonyl (C=O) groups is 1. The predicted octanol–water partition coefficient (Wildman–Crippen LogP) is 5.22. The molecule has 0 aliphatic heterocycles. The topological polar surface area (TPSA) is 64.0 Å². The number of thioether (sulfide) groups is 1. The Morgan fingerprint density at radius 3 is 2.52 bits per heavy atom. The summed E-state index contributed by atoms with van der Waals surface area (Å²) in [6.45, 7) is 8.24. The Balaban J connectivity index is 1.85. The van der Waals surface area contributed by atoms with Gasteiger partial charge in [-0.25, -0.2) is 4.98 Å². The van der Waals surface area contributed by atoms with Crippen LogP contribution in [0.4, 0.5) is 5.69 Å². The largest absolute Gasteiger partial charge is 0.325 e. The molecule has 0 fully saturated rings. The van der Waals surface area contributed by atoms with Crippen molar-refractivity contribution in [1.82, 2.24) is 9.55 Å². The van der Waals surface area contributed by atoms with Gasteiger partial charge in [-0.1, -0.05) is 62.9 Å². The number of fused-ring (bicyclic) bond motifs is 1. The number of aromatic nitrogens is 2. The van der Waals surface area contributed by atoms with E-state index in [-0.39, 0.29) is 23.3 Å². The lowest BCUT2D eigenvalue weighted by atomic mass is 10.0. The molecule has 3 rings (SSSR count). The second-order valence-corrected chi connectivity index (χ2v) is 8.37. The average molecular weight is 410 g/mol. The summed E-state index contributed by atoms with van der Waals surface area (Å²) in [5, 5.41) is 4.18. The van der Waals surface area contributed by atoms with Gasteiger partial charge in [0, 0.05) is 11.7 Å². The van der Waals surface area contributed by atoms with Gasteiger partial charge in [0.25, 0.3) is 5.56 Å². The molecule has 2 aromatic carbocycles. The molecule has 5 nitrogen and oxygen atoms in total. The maximum absolute atomic E-state index is 13.0. The summed E-state index contributed by atoms with van der Waals surface area (Å²) in [5.41, 5.74) is 2.54. The van der Waals surface area contributed by atoms with E-state index in [9.17, 15) is 9.59 Å². The van der Waals surface area contributed by atoms with Crippen LogP contribution in [0.3, 0.4) is 0 Å². The zero-order chi connectivity index (χ0) is 21.0. The third kappa shape index (κ3) is 4.70. The fourth-order valence-electron chi connectivity index (χ4n) is 3.23. The number of anilines is 1. The predicted molar refractivity (Wildman–Crippen MR) is 121 cm³/mol. The van der Waals surface area contributed by atoms with E-state index in [1.165, 1.54) is 11.8 Å². The molecule has 0 bridgehead atoms. The standard InChI is InChI=1S/C23H27N3O2S/c1-5-16(4)26-22(28)18-11-7-9-13-20(18)25-23(26)29-14-21(27)24-19-12-8-6-10-17(19)15(2)3/h6-13,15-16H,5,14H2,1-4H3,(H,24,27)/t16-/m1/s1. The Morgan fingerprint density at radius 2 is 1.79 bits per heavy atom. The fourth-order valence-corrected chi connectivity index (χ4v) is 4.13. The number of amides is 1. The molecule has 0 saturated heterocycles. The van der Waals surface area contributed by atoms with E-state index in [0.717, 1.165) is 17.7 Å². The molecule has 0 aliphatic rings. The summed E-state index contributed by atoms with van der Waals surface area (Å²) >= 11 is 1.30. The smallest absolute Gasteiger partial charge is 0.262 e. The lowest BCUT2D eigenvalue weighted by molar-refractivity contribution is -0.113. The van der Waals surface area contributed by atoms with Crippen LogP contribution in [0.25, 0.3) is 10.9 Å². The Bertz CT molecular complexity index is 1080. The average Bonchev–Trinajstić information content (AvgIpc) is 2.72. The third-order valence-electron chi connectivity index (χ3n) is 5.00. The van der Waals surface area contributed by atoms with Gasteiger partial charge in [0.05, 0.1) is 16.7 Å². The highest BCUT2D eigenvalue weighted by Crippen LogP contribution is 2.25. The van der Waals surface area contributed by atoms with Gasteiger partial charge in [0.2, 0.25) is 5.91 Å². The van der Waals surface area contributed by atoms with Crippen LogP contribution in [0.15, 0.2) is 58.5 Å². The minimum atomic E-state index is -0.110. The van der Waals surface area contributed by atoms with Gasteiger partial charge in [-0.3, -0.25) is 14.2 Å².